The maximum atomic E-state index is 12.2. The van der Waals surface area contributed by atoms with Gasteiger partial charge in [0.1, 0.15) is 5.88 Å². The molecule has 0 unspecified atom stereocenters. The van der Waals surface area contributed by atoms with Crippen LogP contribution in [0.2, 0.25) is 0 Å². The van der Waals surface area contributed by atoms with Gasteiger partial charge in [-0.1, -0.05) is 0 Å². The molecule has 0 amide bonds. The van der Waals surface area contributed by atoms with E-state index in [4.69, 9.17) is 0 Å². The van der Waals surface area contributed by atoms with Crippen molar-refractivity contribution >= 4 is 10.0 Å². The third-order valence-electron chi connectivity index (χ3n) is 2.92. The van der Waals surface area contributed by atoms with Crippen LogP contribution in [0, 0.1) is 0 Å². The lowest BCUT2D eigenvalue weighted by Crippen LogP contribution is -2.60. The van der Waals surface area contributed by atoms with E-state index in [1.807, 2.05) is 25.7 Å². The maximum absolute atomic E-state index is 12.2. The second-order valence-electron chi connectivity index (χ2n) is 6.42. The van der Waals surface area contributed by atoms with Gasteiger partial charge in [-0.3, -0.25) is 4.90 Å². The summed E-state index contributed by atoms with van der Waals surface area (Å²) >= 11 is 0. The van der Waals surface area contributed by atoms with Crippen LogP contribution >= 0.6 is 0 Å². The fraction of sp³-hybridized carbons (Fsp3) is 1.00. The molecule has 0 saturated carbocycles. The second kappa shape index (κ2) is 3.96. The Morgan fingerprint density at radius 3 is 1.69 bits per heavy atom. The van der Waals surface area contributed by atoms with Crippen LogP contribution in [0.5, 0.6) is 0 Å². The summed E-state index contributed by atoms with van der Waals surface area (Å²) in [6, 6.07) is 0. The van der Waals surface area contributed by atoms with Crippen LogP contribution in [0.4, 0.5) is 0 Å². The van der Waals surface area contributed by atoms with E-state index in [2.05, 4.69) is 20.8 Å². The summed E-state index contributed by atoms with van der Waals surface area (Å²) in [5.41, 5.74) is -0.403. The molecule has 1 aliphatic heterocycles. The maximum Gasteiger partial charge on any atom is 0.227 e. The topological polar surface area (TPSA) is 40.6 Å². The Labute approximate surface area is 99.7 Å². The molecule has 1 aliphatic rings. The molecule has 0 aromatic carbocycles. The Morgan fingerprint density at radius 2 is 1.38 bits per heavy atom. The summed E-state index contributed by atoms with van der Waals surface area (Å²) in [4.78, 5) is 2.02. The first-order chi connectivity index (χ1) is 6.94. The molecule has 1 rings (SSSR count). The average molecular weight is 248 g/mol. The molecule has 0 aliphatic carbocycles. The first kappa shape index (κ1) is 13.9. The zero-order valence-corrected chi connectivity index (χ0v) is 12.1. The number of sulfonamides is 1. The fourth-order valence-electron chi connectivity index (χ4n) is 1.96. The van der Waals surface area contributed by atoms with E-state index in [1.54, 1.807) is 4.31 Å². The standard InChI is InChI=1S/C11H24N2O2S/c1-10(2,3)12-7-8-13(11(4,5)6)16(14,15)9-12/h7-9H2,1-6H3. The summed E-state index contributed by atoms with van der Waals surface area (Å²) in [7, 11) is -3.15. The number of nitrogens with zero attached hydrogens (tertiary/aromatic N) is 2. The van der Waals surface area contributed by atoms with Crippen molar-refractivity contribution in [3.63, 3.8) is 0 Å². The minimum Gasteiger partial charge on any atom is -0.282 e. The van der Waals surface area contributed by atoms with Crippen LogP contribution in [-0.4, -0.2) is 47.7 Å². The Bertz CT molecular complexity index is 349. The van der Waals surface area contributed by atoms with Crippen molar-refractivity contribution in [2.45, 2.75) is 52.6 Å². The SMILES string of the molecule is CC(C)(C)N1CCN(C(C)(C)C)S(=O)(=O)C1. The third kappa shape index (κ3) is 2.96. The smallest absolute Gasteiger partial charge is 0.227 e. The van der Waals surface area contributed by atoms with Gasteiger partial charge in [0.25, 0.3) is 0 Å². The first-order valence-electron chi connectivity index (χ1n) is 5.70. The van der Waals surface area contributed by atoms with E-state index < -0.39 is 10.0 Å². The summed E-state index contributed by atoms with van der Waals surface area (Å²) in [5.74, 6) is 0.133. The molecule has 0 radical (unpaired) electrons. The lowest BCUT2D eigenvalue weighted by atomic mass is 10.1. The van der Waals surface area contributed by atoms with Crippen LogP contribution in [-0.2, 0) is 10.0 Å². The molecule has 0 bridgehead atoms. The monoisotopic (exact) mass is 248 g/mol. The first-order valence-corrected chi connectivity index (χ1v) is 7.31. The molecule has 0 atom stereocenters. The molecule has 0 aromatic heterocycles. The summed E-state index contributed by atoms with van der Waals surface area (Å²) in [6.07, 6.45) is 0. The lowest BCUT2D eigenvalue weighted by molar-refractivity contribution is 0.111. The molecule has 1 saturated heterocycles. The fourth-order valence-corrected chi connectivity index (χ4v) is 4.21. The zero-order chi connectivity index (χ0) is 12.8. The van der Waals surface area contributed by atoms with Gasteiger partial charge in [0.2, 0.25) is 10.0 Å². The molecule has 1 heterocycles. The highest BCUT2D eigenvalue weighted by Gasteiger charge is 2.40. The molecule has 4 nitrogen and oxygen atoms in total. The Kier molecular flexibility index (Phi) is 3.45. The van der Waals surface area contributed by atoms with Gasteiger partial charge in [0, 0.05) is 24.2 Å². The van der Waals surface area contributed by atoms with Gasteiger partial charge < -0.3 is 0 Å². The van der Waals surface area contributed by atoms with Crippen molar-refractivity contribution in [2.75, 3.05) is 19.0 Å². The number of hydrogen-bond acceptors (Lipinski definition) is 3. The highest BCUT2D eigenvalue weighted by molar-refractivity contribution is 7.89. The normalized spacial score (nSPS) is 24.6. The van der Waals surface area contributed by atoms with E-state index >= 15 is 0 Å². The average Bonchev–Trinajstić information content (AvgIpc) is 1.97. The predicted molar refractivity (Wildman–Crippen MR) is 66.7 cm³/mol. The van der Waals surface area contributed by atoms with E-state index in [-0.39, 0.29) is 17.0 Å². The van der Waals surface area contributed by atoms with Gasteiger partial charge in [0.05, 0.1) is 0 Å². The zero-order valence-electron chi connectivity index (χ0n) is 11.2. The largest absolute Gasteiger partial charge is 0.282 e. The van der Waals surface area contributed by atoms with Crippen molar-refractivity contribution in [2.24, 2.45) is 0 Å². The van der Waals surface area contributed by atoms with Crippen molar-refractivity contribution in [1.82, 2.24) is 9.21 Å². The lowest BCUT2D eigenvalue weighted by Gasteiger charge is -2.45. The second-order valence-corrected chi connectivity index (χ2v) is 8.28. The third-order valence-corrected chi connectivity index (χ3v) is 4.96. The number of hydrogen-bond donors (Lipinski definition) is 0. The van der Waals surface area contributed by atoms with E-state index in [9.17, 15) is 8.42 Å². The van der Waals surface area contributed by atoms with Crippen LogP contribution in [0.1, 0.15) is 41.5 Å². The van der Waals surface area contributed by atoms with Gasteiger partial charge in [0.15, 0.2) is 0 Å². The van der Waals surface area contributed by atoms with Crippen LogP contribution in [0.3, 0.4) is 0 Å². The Morgan fingerprint density at radius 1 is 0.875 bits per heavy atom. The molecule has 0 spiro atoms. The molecule has 0 aromatic rings. The molecule has 5 heteroatoms. The molecule has 96 valence electrons. The number of rotatable bonds is 0. The van der Waals surface area contributed by atoms with Gasteiger partial charge in [-0.25, -0.2) is 8.42 Å². The Hall–Kier alpha value is -0.130. The van der Waals surface area contributed by atoms with Crippen LogP contribution < -0.4 is 0 Å². The van der Waals surface area contributed by atoms with Crippen LogP contribution in [0.15, 0.2) is 0 Å². The van der Waals surface area contributed by atoms with Gasteiger partial charge in [-0.15, -0.1) is 0 Å². The van der Waals surface area contributed by atoms with Crippen LogP contribution in [0.25, 0.3) is 0 Å². The summed E-state index contributed by atoms with van der Waals surface area (Å²) in [6.45, 7) is 13.4. The predicted octanol–water partition coefficient (Wildman–Crippen LogP) is 1.49. The molecular weight excluding hydrogens is 224 g/mol. The van der Waals surface area contributed by atoms with Gasteiger partial charge in [-0.2, -0.15) is 4.31 Å². The quantitative estimate of drug-likeness (QED) is 0.652. The van der Waals surface area contributed by atoms with Crippen molar-refractivity contribution in [1.29, 1.82) is 0 Å². The minimum absolute atomic E-state index is 0.0863. The van der Waals surface area contributed by atoms with Gasteiger partial charge >= 0.3 is 0 Å². The van der Waals surface area contributed by atoms with Crippen molar-refractivity contribution in [3.8, 4) is 0 Å². The highest BCUT2D eigenvalue weighted by Crippen LogP contribution is 2.26. The molecular formula is C11H24N2O2S. The Balaban J connectivity index is 2.91. The molecule has 1 fully saturated rings. The summed E-state index contributed by atoms with van der Waals surface area (Å²) < 4.78 is 26.0. The van der Waals surface area contributed by atoms with E-state index in [1.165, 1.54) is 0 Å². The van der Waals surface area contributed by atoms with Gasteiger partial charge in [-0.05, 0) is 41.5 Å². The van der Waals surface area contributed by atoms with E-state index in [0.29, 0.717) is 6.54 Å². The van der Waals surface area contributed by atoms with E-state index in [0.717, 1.165) is 6.54 Å². The molecule has 0 N–H and O–H groups in total. The summed E-state index contributed by atoms with van der Waals surface area (Å²) in [5, 5.41) is 0. The van der Waals surface area contributed by atoms with Crippen molar-refractivity contribution < 1.29 is 8.42 Å². The molecule has 16 heavy (non-hydrogen) atoms. The van der Waals surface area contributed by atoms with Crippen molar-refractivity contribution in [3.05, 3.63) is 0 Å². The highest BCUT2D eigenvalue weighted by atomic mass is 32.2. The minimum atomic E-state index is -3.15.